The van der Waals surface area contributed by atoms with Crippen LogP contribution in [0.2, 0.25) is 0 Å². The summed E-state index contributed by atoms with van der Waals surface area (Å²) in [6.45, 7) is 6.09. The second-order valence-electron chi connectivity index (χ2n) is 6.14. The third-order valence-corrected chi connectivity index (χ3v) is 5.71. The zero-order valence-electron chi connectivity index (χ0n) is 12.2. The molecule has 21 heavy (non-hydrogen) atoms. The molecule has 2 heterocycles. The second-order valence-corrected chi connectivity index (χ2v) is 8.11. The van der Waals surface area contributed by atoms with Crippen molar-refractivity contribution in [1.29, 1.82) is 0 Å². The minimum absolute atomic E-state index is 0.0863. The molecular formula is C16H19BrN2OS. The molecule has 2 aromatic rings. The summed E-state index contributed by atoms with van der Waals surface area (Å²) in [7, 11) is 0. The quantitative estimate of drug-likeness (QED) is 0.814. The molecule has 0 bridgehead atoms. The van der Waals surface area contributed by atoms with Crippen LogP contribution in [0.25, 0.3) is 10.1 Å². The summed E-state index contributed by atoms with van der Waals surface area (Å²) in [5, 5.41) is 0.968. The summed E-state index contributed by atoms with van der Waals surface area (Å²) in [4.78, 5) is 15.5. The molecule has 2 N–H and O–H groups in total. The highest BCUT2D eigenvalue weighted by molar-refractivity contribution is 9.10. The lowest BCUT2D eigenvalue weighted by atomic mass is 9.92. The van der Waals surface area contributed by atoms with Crippen molar-refractivity contribution in [3.8, 4) is 0 Å². The predicted octanol–water partition coefficient (Wildman–Crippen LogP) is 4.36. The Morgan fingerprint density at radius 3 is 2.67 bits per heavy atom. The van der Waals surface area contributed by atoms with Crippen LogP contribution in [0.3, 0.4) is 0 Å². The van der Waals surface area contributed by atoms with Gasteiger partial charge in [-0.15, -0.1) is 11.3 Å². The van der Waals surface area contributed by atoms with Gasteiger partial charge in [-0.2, -0.15) is 0 Å². The molecule has 2 unspecified atom stereocenters. The fourth-order valence-electron chi connectivity index (χ4n) is 3.22. The number of hydrogen-bond acceptors (Lipinski definition) is 3. The highest BCUT2D eigenvalue weighted by Gasteiger charge is 2.28. The van der Waals surface area contributed by atoms with E-state index < -0.39 is 0 Å². The Morgan fingerprint density at radius 2 is 2.00 bits per heavy atom. The number of nitrogens with two attached hydrogens (primary N) is 1. The first kappa shape index (κ1) is 14.9. The number of nitrogens with zero attached hydrogens (tertiary/aromatic N) is 1. The number of thiophene rings is 1. The predicted molar refractivity (Wildman–Crippen MR) is 92.8 cm³/mol. The maximum atomic E-state index is 12.8. The highest BCUT2D eigenvalue weighted by Crippen LogP contribution is 2.36. The number of amides is 1. The molecule has 0 saturated carbocycles. The number of halogens is 1. The van der Waals surface area contributed by atoms with Gasteiger partial charge in [-0.25, -0.2) is 0 Å². The van der Waals surface area contributed by atoms with E-state index in [1.165, 1.54) is 17.8 Å². The number of nitrogen functional groups attached to an aromatic ring is 1. The number of benzene rings is 1. The van der Waals surface area contributed by atoms with Gasteiger partial charge in [-0.05, 0) is 36.5 Å². The molecule has 3 rings (SSSR count). The molecule has 1 amide bonds. The molecule has 2 atom stereocenters. The Labute approximate surface area is 137 Å². The number of fused-ring (bicyclic) bond motifs is 1. The maximum absolute atomic E-state index is 12.8. The fraction of sp³-hybridized carbons (Fsp3) is 0.438. The Balaban J connectivity index is 1.96. The van der Waals surface area contributed by atoms with Gasteiger partial charge in [-0.1, -0.05) is 29.8 Å². The standard InChI is InChI=1S/C16H19BrN2OS/c1-9-5-10(2)8-19(7-9)16(20)15-14(18)12-6-11(17)3-4-13(12)21-15/h3-4,6,9-10H,5,7-8,18H2,1-2H3. The molecule has 3 nitrogen and oxygen atoms in total. The van der Waals surface area contributed by atoms with E-state index in [9.17, 15) is 4.79 Å². The van der Waals surface area contributed by atoms with Crippen molar-refractivity contribution in [1.82, 2.24) is 4.90 Å². The number of carbonyl (C=O) groups is 1. The van der Waals surface area contributed by atoms with Gasteiger partial charge in [0.15, 0.2) is 0 Å². The van der Waals surface area contributed by atoms with Gasteiger partial charge in [0.2, 0.25) is 0 Å². The number of hydrogen-bond donors (Lipinski definition) is 1. The molecule has 1 aliphatic heterocycles. The smallest absolute Gasteiger partial charge is 0.266 e. The number of piperidine rings is 1. The first-order valence-electron chi connectivity index (χ1n) is 7.22. The number of rotatable bonds is 1. The Bertz CT molecular complexity index is 687. The fourth-order valence-corrected chi connectivity index (χ4v) is 4.65. The van der Waals surface area contributed by atoms with Crippen molar-refractivity contribution in [3.63, 3.8) is 0 Å². The third-order valence-electron chi connectivity index (χ3n) is 4.04. The molecule has 0 aliphatic carbocycles. The Morgan fingerprint density at radius 1 is 1.33 bits per heavy atom. The summed E-state index contributed by atoms with van der Waals surface area (Å²) in [6.07, 6.45) is 1.19. The summed E-state index contributed by atoms with van der Waals surface area (Å²) in [5.41, 5.74) is 6.84. The first-order chi connectivity index (χ1) is 9.95. The number of carbonyl (C=O) groups excluding carboxylic acids is 1. The molecular weight excluding hydrogens is 348 g/mol. The molecule has 0 radical (unpaired) electrons. The minimum Gasteiger partial charge on any atom is -0.397 e. The molecule has 5 heteroatoms. The van der Waals surface area contributed by atoms with Crippen molar-refractivity contribution in [2.75, 3.05) is 18.8 Å². The zero-order chi connectivity index (χ0) is 15.1. The van der Waals surface area contributed by atoms with E-state index in [4.69, 9.17) is 5.73 Å². The van der Waals surface area contributed by atoms with Gasteiger partial charge in [-0.3, -0.25) is 4.79 Å². The molecule has 1 fully saturated rings. The van der Waals surface area contributed by atoms with Crippen molar-refractivity contribution < 1.29 is 4.79 Å². The summed E-state index contributed by atoms with van der Waals surface area (Å²) in [6, 6.07) is 5.98. The molecule has 1 aliphatic rings. The third kappa shape index (κ3) is 2.81. The summed E-state index contributed by atoms with van der Waals surface area (Å²) >= 11 is 4.96. The lowest BCUT2D eigenvalue weighted by Crippen LogP contribution is -2.42. The van der Waals surface area contributed by atoms with Gasteiger partial charge >= 0.3 is 0 Å². The number of anilines is 1. The van der Waals surface area contributed by atoms with Gasteiger partial charge in [0.1, 0.15) is 4.88 Å². The average Bonchev–Trinajstić information content (AvgIpc) is 2.74. The SMILES string of the molecule is CC1CC(C)CN(C(=O)c2sc3ccc(Br)cc3c2N)C1. The highest BCUT2D eigenvalue weighted by atomic mass is 79.9. The van der Waals surface area contributed by atoms with E-state index in [1.54, 1.807) is 0 Å². The van der Waals surface area contributed by atoms with Crippen molar-refractivity contribution in [3.05, 3.63) is 27.5 Å². The zero-order valence-corrected chi connectivity index (χ0v) is 14.6. The Kier molecular flexibility index (Phi) is 3.97. The van der Waals surface area contributed by atoms with E-state index in [-0.39, 0.29) is 5.91 Å². The van der Waals surface area contributed by atoms with Crippen LogP contribution in [0.1, 0.15) is 29.9 Å². The molecule has 1 aromatic carbocycles. The lowest BCUT2D eigenvalue weighted by molar-refractivity contribution is 0.0629. The monoisotopic (exact) mass is 366 g/mol. The van der Waals surface area contributed by atoms with Crippen LogP contribution in [-0.4, -0.2) is 23.9 Å². The average molecular weight is 367 g/mol. The topological polar surface area (TPSA) is 46.3 Å². The Hall–Kier alpha value is -1.07. The van der Waals surface area contributed by atoms with E-state index >= 15 is 0 Å². The minimum atomic E-state index is 0.0863. The van der Waals surface area contributed by atoms with Gasteiger partial charge in [0.25, 0.3) is 5.91 Å². The van der Waals surface area contributed by atoms with Crippen LogP contribution < -0.4 is 5.73 Å². The van der Waals surface area contributed by atoms with Gasteiger partial charge in [0, 0.05) is 27.6 Å². The van der Waals surface area contributed by atoms with Crippen LogP contribution in [0.4, 0.5) is 5.69 Å². The van der Waals surface area contributed by atoms with Crippen LogP contribution >= 0.6 is 27.3 Å². The van der Waals surface area contributed by atoms with Crippen molar-refractivity contribution >= 4 is 48.9 Å². The largest absolute Gasteiger partial charge is 0.397 e. The lowest BCUT2D eigenvalue weighted by Gasteiger charge is -2.34. The molecule has 112 valence electrons. The summed E-state index contributed by atoms with van der Waals surface area (Å²) < 4.78 is 2.05. The number of likely N-dealkylation sites (tertiary alicyclic amines) is 1. The first-order valence-corrected chi connectivity index (χ1v) is 8.83. The van der Waals surface area contributed by atoms with Crippen LogP contribution in [0, 0.1) is 11.8 Å². The van der Waals surface area contributed by atoms with E-state index in [2.05, 4.69) is 29.8 Å². The van der Waals surface area contributed by atoms with Crippen LogP contribution in [0.5, 0.6) is 0 Å². The molecule has 1 aromatic heterocycles. The summed E-state index contributed by atoms with van der Waals surface area (Å²) in [5.74, 6) is 1.20. The van der Waals surface area contributed by atoms with E-state index in [0.717, 1.165) is 27.6 Å². The van der Waals surface area contributed by atoms with Gasteiger partial charge in [0.05, 0.1) is 5.69 Å². The normalized spacial score (nSPS) is 22.7. The van der Waals surface area contributed by atoms with Crippen molar-refractivity contribution in [2.45, 2.75) is 20.3 Å². The van der Waals surface area contributed by atoms with Crippen LogP contribution in [-0.2, 0) is 0 Å². The van der Waals surface area contributed by atoms with Crippen LogP contribution in [0.15, 0.2) is 22.7 Å². The molecule has 0 spiro atoms. The van der Waals surface area contributed by atoms with Gasteiger partial charge < -0.3 is 10.6 Å². The van der Waals surface area contributed by atoms with E-state index in [1.807, 2.05) is 23.1 Å². The second kappa shape index (κ2) is 5.61. The molecule has 1 saturated heterocycles. The van der Waals surface area contributed by atoms with E-state index in [0.29, 0.717) is 22.4 Å². The maximum Gasteiger partial charge on any atom is 0.266 e. The van der Waals surface area contributed by atoms with Crippen molar-refractivity contribution in [2.24, 2.45) is 11.8 Å².